The molecule has 0 aliphatic carbocycles. The summed E-state index contributed by atoms with van der Waals surface area (Å²) >= 11 is 1.68. The van der Waals surface area contributed by atoms with Crippen LogP contribution < -0.4 is 10.6 Å². The lowest BCUT2D eigenvalue weighted by atomic mass is 10.2. The van der Waals surface area contributed by atoms with Gasteiger partial charge in [-0.2, -0.15) is 0 Å². The molecule has 0 atom stereocenters. The van der Waals surface area contributed by atoms with E-state index in [9.17, 15) is 9.59 Å². The quantitative estimate of drug-likeness (QED) is 0.722. The van der Waals surface area contributed by atoms with E-state index in [-0.39, 0.29) is 18.0 Å². The fourth-order valence-electron chi connectivity index (χ4n) is 2.10. The predicted molar refractivity (Wildman–Crippen MR) is 81.4 cm³/mol. The van der Waals surface area contributed by atoms with Crippen LogP contribution in [0.2, 0.25) is 0 Å². The number of aromatic carboxylic acids is 1. The largest absolute Gasteiger partial charge is 0.478 e. The Morgan fingerprint density at radius 2 is 2.19 bits per heavy atom. The van der Waals surface area contributed by atoms with Crippen molar-refractivity contribution in [2.45, 2.75) is 24.6 Å². The van der Waals surface area contributed by atoms with Crippen molar-refractivity contribution >= 4 is 23.6 Å². The van der Waals surface area contributed by atoms with E-state index >= 15 is 0 Å². The van der Waals surface area contributed by atoms with Crippen molar-refractivity contribution in [3.05, 3.63) is 29.6 Å². The standard InChI is InChI=1S/C14H19N3O3S/c18-13(9-21-12-2-4-15-5-3-12)17-8-11-7-10(14(19)20)1-6-16-11/h1,6-7,12,15H,2-5,8-9H2,(H,17,18)(H,19,20). The van der Waals surface area contributed by atoms with E-state index in [2.05, 4.69) is 15.6 Å². The van der Waals surface area contributed by atoms with Crippen molar-refractivity contribution in [3.8, 4) is 0 Å². The Hall–Kier alpha value is -1.60. The first-order valence-electron chi connectivity index (χ1n) is 6.92. The highest BCUT2D eigenvalue weighted by Gasteiger charge is 2.15. The van der Waals surface area contributed by atoms with Crippen LogP contribution in [0.25, 0.3) is 0 Å². The van der Waals surface area contributed by atoms with Gasteiger partial charge in [0, 0.05) is 11.4 Å². The third-order valence-corrected chi connectivity index (χ3v) is 4.64. The van der Waals surface area contributed by atoms with Crippen LogP contribution in [0.3, 0.4) is 0 Å². The van der Waals surface area contributed by atoms with Gasteiger partial charge in [-0.3, -0.25) is 9.78 Å². The summed E-state index contributed by atoms with van der Waals surface area (Å²) in [6, 6.07) is 2.91. The summed E-state index contributed by atoms with van der Waals surface area (Å²) in [7, 11) is 0. The molecule has 1 aromatic rings. The molecule has 0 aromatic carbocycles. The maximum Gasteiger partial charge on any atom is 0.335 e. The summed E-state index contributed by atoms with van der Waals surface area (Å²) in [6.07, 6.45) is 3.63. The lowest BCUT2D eigenvalue weighted by Crippen LogP contribution is -2.31. The van der Waals surface area contributed by atoms with Crippen LogP contribution in [-0.4, -0.2) is 46.1 Å². The van der Waals surface area contributed by atoms with Crippen LogP contribution in [0.5, 0.6) is 0 Å². The molecule has 1 saturated heterocycles. The van der Waals surface area contributed by atoms with Gasteiger partial charge in [-0.15, -0.1) is 11.8 Å². The van der Waals surface area contributed by atoms with Gasteiger partial charge in [-0.05, 0) is 38.1 Å². The average molecular weight is 309 g/mol. The molecular weight excluding hydrogens is 290 g/mol. The number of amides is 1. The normalized spacial score (nSPS) is 15.6. The van der Waals surface area contributed by atoms with Crippen LogP contribution in [0.15, 0.2) is 18.3 Å². The van der Waals surface area contributed by atoms with Gasteiger partial charge in [0.2, 0.25) is 5.91 Å². The number of piperidine rings is 1. The molecule has 1 aliphatic heterocycles. The first-order chi connectivity index (χ1) is 10.1. The second-order valence-electron chi connectivity index (χ2n) is 4.88. The number of aromatic nitrogens is 1. The molecule has 114 valence electrons. The summed E-state index contributed by atoms with van der Waals surface area (Å²) in [4.78, 5) is 26.7. The summed E-state index contributed by atoms with van der Waals surface area (Å²) in [6.45, 7) is 2.29. The van der Waals surface area contributed by atoms with E-state index in [1.54, 1.807) is 11.8 Å². The molecule has 0 unspecified atom stereocenters. The Morgan fingerprint density at radius 1 is 1.43 bits per heavy atom. The topological polar surface area (TPSA) is 91.3 Å². The Morgan fingerprint density at radius 3 is 2.90 bits per heavy atom. The van der Waals surface area contributed by atoms with Gasteiger partial charge in [0.15, 0.2) is 0 Å². The minimum atomic E-state index is -0.994. The molecule has 0 bridgehead atoms. The Labute approximate surface area is 127 Å². The van der Waals surface area contributed by atoms with E-state index < -0.39 is 5.97 Å². The fourth-order valence-corrected chi connectivity index (χ4v) is 3.16. The third-order valence-electron chi connectivity index (χ3n) is 3.27. The molecule has 3 N–H and O–H groups in total. The van der Waals surface area contributed by atoms with Gasteiger partial charge in [0.1, 0.15) is 0 Å². The number of carboxylic acid groups (broad SMARTS) is 1. The minimum Gasteiger partial charge on any atom is -0.478 e. The predicted octanol–water partition coefficient (Wildman–Crippen LogP) is 0.881. The number of nitrogens with zero attached hydrogens (tertiary/aromatic N) is 1. The van der Waals surface area contributed by atoms with E-state index in [0.29, 0.717) is 16.7 Å². The summed E-state index contributed by atoms with van der Waals surface area (Å²) in [5.41, 5.74) is 0.730. The molecule has 1 fully saturated rings. The fraction of sp³-hybridized carbons (Fsp3) is 0.500. The zero-order valence-corrected chi connectivity index (χ0v) is 12.5. The molecule has 0 spiro atoms. The summed E-state index contributed by atoms with van der Waals surface area (Å²) < 4.78 is 0. The highest BCUT2D eigenvalue weighted by molar-refractivity contribution is 8.00. The molecule has 1 amide bonds. The van der Waals surface area contributed by atoms with Crippen molar-refractivity contribution in [2.24, 2.45) is 0 Å². The molecule has 0 radical (unpaired) electrons. The Kier molecular flexibility index (Phi) is 6.01. The van der Waals surface area contributed by atoms with Crippen molar-refractivity contribution in [1.29, 1.82) is 0 Å². The van der Waals surface area contributed by atoms with E-state index in [0.717, 1.165) is 25.9 Å². The number of hydrogen-bond donors (Lipinski definition) is 3. The molecular formula is C14H19N3O3S. The highest BCUT2D eigenvalue weighted by Crippen LogP contribution is 2.19. The summed E-state index contributed by atoms with van der Waals surface area (Å²) in [5, 5.41) is 15.5. The second kappa shape index (κ2) is 7.99. The number of carbonyl (C=O) groups is 2. The number of rotatable bonds is 6. The molecule has 0 saturated carbocycles. The molecule has 2 rings (SSSR count). The first-order valence-corrected chi connectivity index (χ1v) is 7.97. The van der Waals surface area contributed by atoms with Gasteiger partial charge < -0.3 is 15.7 Å². The highest BCUT2D eigenvalue weighted by atomic mass is 32.2. The lowest BCUT2D eigenvalue weighted by Gasteiger charge is -2.21. The van der Waals surface area contributed by atoms with E-state index in [4.69, 9.17) is 5.11 Å². The SMILES string of the molecule is O=C(CSC1CCNCC1)NCc1cc(C(=O)O)ccn1. The van der Waals surface area contributed by atoms with Gasteiger partial charge in [-0.1, -0.05) is 0 Å². The van der Waals surface area contributed by atoms with Gasteiger partial charge in [0.25, 0.3) is 0 Å². The molecule has 6 nitrogen and oxygen atoms in total. The number of hydrogen-bond acceptors (Lipinski definition) is 5. The van der Waals surface area contributed by atoms with Gasteiger partial charge >= 0.3 is 5.97 Å². The minimum absolute atomic E-state index is 0.0407. The van der Waals surface area contributed by atoms with Crippen LogP contribution in [-0.2, 0) is 11.3 Å². The average Bonchev–Trinajstić information content (AvgIpc) is 2.52. The van der Waals surface area contributed by atoms with Crippen molar-refractivity contribution in [3.63, 3.8) is 0 Å². The molecule has 2 heterocycles. The zero-order valence-electron chi connectivity index (χ0n) is 11.7. The second-order valence-corrected chi connectivity index (χ2v) is 6.17. The number of carbonyl (C=O) groups excluding carboxylic acids is 1. The van der Waals surface area contributed by atoms with Gasteiger partial charge in [0.05, 0.1) is 23.6 Å². The number of carboxylic acids is 1. The Bertz CT molecular complexity index is 504. The van der Waals surface area contributed by atoms with Crippen LogP contribution in [0.4, 0.5) is 0 Å². The van der Waals surface area contributed by atoms with Crippen LogP contribution in [0.1, 0.15) is 28.9 Å². The van der Waals surface area contributed by atoms with Crippen molar-refractivity contribution in [2.75, 3.05) is 18.8 Å². The maximum atomic E-state index is 11.8. The number of nitrogens with one attached hydrogen (secondary N) is 2. The molecule has 1 aliphatic rings. The number of pyridine rings is 1. The van der Waals surface area contributed by atoms with Crippen molar-refractivity contribution in [1.82, 2.24) is 15.6 Å². The van der Waals surface area contributed by atoms with Gasteiger partial charge in [-0.25, -0.2) is 4.79 Å². The maximum absolute atomic E-state index is 11.8. The molecule has 1 aromatic heterocycles. The molecule has 21 heavy (non-hydrogen) atoms. The van der Waals surface area contributed by atoms with Crippen LogP contribution >= 0.6 is 11.8 Å². The third kappa shape index (κ3) is 5.35. The Balaban J connectivity index is 1.73. The summed E-state index contributed by atoms with van der Waals surface area (Å²) in [5.74, 6) is -0.601. The first kappa shape index (κ1) is 15.8. The van der Waals surface area contributed by atoms with Crippen molar-refractivity contribution < 1.29 is 14.7 Å². The lowest BCUT2D eigenvalue weighted by molar-refractivity contribution is -0.118. The van der Waals surface area contributed by atoms with Crippen LogP contribution in [0, 0.1) is 0 Å². The zero-order chi connectivity index (χ0) is 15.1. The van der Waals surface area contributed by atoms with E-state index in [1.807, 2.05) is 0 Å². The molecule has 7 heteroatoms. The smallest absolute Gasteiger partial charge is 0.335 e. The monoisotopic (exact) mass is 309 g/mol. The van der Waals surface area contributed by atoms with E-state index in [1.165, 1.54) is 18.3 Å². The number of thioether (sulfide) groups is 1.